The van der Waals surface area contributed by atoms with E-state index in [9.17, 15) is 9.59 Å². The van der Waals surface area contributed by atoms with Gasteiger partial charge in [-0.05, 0) is 37.3 Å². The van der Waals surface area contributed by atoms with Crippen molar-refractivity contribution in [2.75, 3.05) is 5.32 Å². The molecule has 3 aromatic heterocycles. The highest BCUT2D eigenvalue weighted by atomic mass is 16.5. The lowest BCUT2D eigenvalue weighted by atomic mass is 10.1. The lowest BCUT2D eigenvalue weighted by Gasteiger charge is -2.10. The van der Waals surface area contributed by atoms with E-state index in [1.165, 1.54) is 6.26 Å². The molecule has 134 valence electrons. The van der Waals surface area contributed by atoms with Crippen molar-refractivity contribution >= 4 is 28.6 Å². The van der Waals surface area contributed by atoms with Crippen LogP contribution in [0, 0.1) is 6.92 Å². The van der Waals surface area contributed by atoms with Crippen LogP contribution < -0.4 is 11.1 Å². The van der Waals surface area contributed by atoms with Crippen molar-refractivity contribution in [3.8, 4) is 11.5 Å². The van der Waals surface area contributed by atoms with Gasteiger partial charge in [0.15, 0.2) is 5.76 Å². The van der Waals surface area contributed by atoms with Crippen LogP contribution in [0.4, 0.5) is 5.69 Å². The molecule has 0 aliphatic heterocycles. The number of nitrogens with zero attached hydrogens (tertiary/aromatic N) is 2. The molecule has 0 fully saturated rings. The SMILES string of the molecule is Cc1noc2nc(-c3ccco3)cc(C(=O)Nc3ccccc3C(N)=O)c12. The van der Waals surface area contributed by atoms with Crippen molar-refractivity contribution in [3.05, 3.63) is 65.5 Å². The van der Waals surface area contributed by atoms with E-state index in [0.29, 0.717) is 33.8 Å². The van der Waals surface area contributed by atoms with Gasteiger partial charge in [0.05, 0.1) is 34.2 Å². The third-order valence-corrected chi connectivity index (χ3v) is 4.08. The Labute approximate surface area is 153 Å². The number of aromatic nitrogens is 2. The minimum atomic E-state index is -0.636. The standard InChI is InChI=1S/C19H14N4O4/c1-10-16-12(18(25)21-13-6-3-2-5-11(13)17(20)24)9-14(15-7-4-8-26-15)22-19(16)27-23-10/h2-9H,1H3,(H2,20,24)(H,21,25). The Morgan fingerprint density at radius 2 is 1.93 bits per heavy atom. The van der Waals surface area contributed by atoms with Gasteiger partial charge in [0, 0.05) is 0 Å². The highest BCUT2D eigenvalue weighted by Gasteiger charge is 2.21. The first-order valence-electron chi connectivity index (χ1n) is 8.05. The number of amides is 2. The monoisotopic (exact) mass is 362 g/mol. The van der Waals surface area contributed by atoms with E-state index >= 15 is 0 Å². The zero-order valence-corrected chi connectivity index (χ0v) is 14.2. The summed E-state index contributed by atoms with van der Waals surface area (Å²) in [5.74, 6) is -0.601. The molecule has 3 N–H and O–H groups in total. The number of anilines is 1. The third-order valence-electron chi connectivity index (χ3n) is 4.08. The van der Waals surface area contributed by atoms with E-state index in [1.54, 1.807) is 49.4 Å². The van der Waals surface area contributed by atoms with Crippen LogP contribution >= 0.6 is 0 Å². The lowest BCUT2D eigenvalue weighted by molar-refractivity contribution is 0.100. The van der Waals surface area contributed by atoms with Crippen molar-refractivity contribution in [3.63, 3.8) is 0 Å². The van der Waals surface area contributed by atoms with Crippen LogP contribution in [0.3, 0.4) is 0 Å². The van der Waals surface area contributed by atoms with Crippen molar-refractivity contribution in [1.82, 2.24) is 10.1 Å². The molecular formula is C19H14N4O4. The van der Waals surface area contributed by atoms with Gasteiger partial charge in [0.25, 0.3) is 17.5 Å². The Morgan fingerprint density at radius 1 is 1.11 bits per heavy atom. The maximum absolute atomic E-state index is 13.0. The van der Waals surface area contributed by atoms with Gasteiger partial charge in [-0.3, -0.25) is 9.59 Å². The first-order chi connectivity index (χ1) is 13.0. The molecular weight excluding hydrogens is 348 g/mol. The number of carbonyl (C=O) groups is 2. The summed E-state index contributed by atoms with van der Waals surface area (Å²) in [6.07, 6.45) is 1.51. The molecule has 1 aromatic carbocycles. The molecule has 4 rings (SSSR count). The molecule has 8 heteroatoms. The van der Waals surface area contributed by atoms with Crippen LogP contribution in [0.1, 0.15) is 26.4 Å². The van der Waals surface area contributed by atoms with Gasteiger partial charge in [-0.2, -0.15) is 0 Å². The minimum Gasteiger partial charge on any atom is -0.463 e. The van der Waals surface area contributed by atoms with Gasteiger partial charge < -0.3 is 20.0 Å². The van der Waals surface area contributed by atoms with Gasteiger partial charge in [-0.1, -0.05) is 17.3 Å². The first-order valence-corrected chi connectivity index (χ1v) is 8.05. The second-order valence-corrected chi connectivity index (χ2v) is 5.84. The Balaban J connectivity index is 1.82. The summed E-state index contributed by atoms with van der Waals surface area (Å²) in [5, 5.41) is 7.10. The fourth-order valence-electron chi connectivity index (χ4n) is 2.82. The maximum atomic E-state index is 13.0. The van der Waals surface area contributed by atoms with Gasteiger partial charge >= 0.3 is 0 Å². The zero-order chi connectivity index (χ0) is 19.0. The number of benzene rings is 1. The summed E-state index contributed by atoms with van der Waals surface area (Å²) in [4.78, 5) is 28.9. The molecule has 0 unspecified atom stereocenters. The van der Waals surface area contributed by atoms with Crippen molar-refractivity contribution in [2.45, 2.75) is 6.92 Å². The summed E-state index contributed by atoms with van der Waals surface area (Å²) in [5.41, 5.74) is 7.37. The molecule has 0 aliphatic carbocycles. The maximum Gasteiger partial charge on any atom is 0.259 e. The minimum absolute atomic E-state index is 0.212. The van der Waals surface area contributed by atoms with Crippen LogP contribution in [0.15, 0.2) is 57.7 Å². The number of pyridine rings is 1. The van der Waals surface area contributed by atoms with E-state index in [4.69, 9.17) is 14.7 Å². The Hall–Kier alpha value is -3.94. The summed E-state index contributed by atoms with van der Waals surface area (Å²) in [7, 11) is 0. The average molecular weight is 362 g/mol. The normalized spacial score (nSPS) is 10.9. The predicted molar refractivity (Wildman–Crippen MR) is 97.2 cm³/mol. The van der Waals surface area contributed by atoms with Crippen LogP contribution in [-0.2, 0) is 0 Å². The Morgan fingerprint density at radius 3 is 2.67 bits per heavy atom. The number of hydrogen-bond acceptors (Lipinski definition) is 6. The van der Waals surface area contributed by atoms with Crippen molar-refractivity contribution < 1.29 is 18.5 Å². The quantitative estimate of drug-likeness (QED) is 0.575. The van der Waals surface area contributed by atoms with Crippen molar-refractivity contribution in [2.24, 2.45) is 5.73 Å². The molecule has 8 nitrogen and oxygen atoms in total. The predicted octanol–water partition coefficient (Wildman–Crippen LogP) is 3.14. The number of carbonyl (C=O) groups excluding carboxylic acids is 2. The van der Waals surface area contributed by atoms with E-state index in [0.717, 1.165) is 0 Å². The zero-order valence-electron chi connectivity index (χ0n) is 14.2. The molecule has 2 amide bonds. The molecule has 0 spiro atoms. The number of rotatable bonds is 4. The summed E-state index contributed by atoms with van der Waals surface area (Å²) < 4.78 is 10.6. The highest BCUT2D eigenvalue weighted by Crippen LogP contribution is 2.28. The number of nitrogens with two attached hydrogens (primary N) is 1. The molecule has 0 radical (unpaired) electrons. The topological polar surface area (TPSA) is 124 Å². The number of aryl methyl sites for hydroxylation is 1. The smallest absolute Gasteiger partial charge is 0.259 e. The Bertz CT molecular complexity index is 1160. The van der Waals surface area contributed by atoms with Gasteiger partial charge in [0.1, 0.15) is 5.69 Å². The van der Waals surface area contributed by atoms with Gasteiger partial charge in [0.2, 0.25) is 0 Å². The molecule has 0 saturated heterocycles. The molecule has 0 bridgehead atoms. The molecule has 3 heterocycles. The van der Waals surface area contributed by atoms with E-state index in [1.807, 2.05) is 0 Å². The lowest BCUT2D eigenvalue weighted by Crippen LogP contribution is -2.18. The second-order valence-electron chi connectivity index (χ2n) is 5.84. The van der Waals surface area contributed by atoms with Crippen LogP contribution in [0.5, 0.6) is 0 Å². The number of nitrogens with one attached hydrogen (secondary N) is 1. The molecule has 0 atom stereocenters. The fourth-order valence-corrected chi connectivity index (χ4v) is 2.82. The van der Waals surface area contributed by atoms with Gasteiger partial charge in [-0.25, -0.2) is 4.98 Å². The van der Waals surface area contributed by atoms with Crippen LogP contribution in [-0.4, -0.2) is 22.0 Å². The first kappa shape index (κ1) is 16.5. The summed E-state index contributed by atoms with van der Waals surface area (Å²) >= 11 is 0. The van der Waals surface area contributed by atoms with Crippen LogP contribution in [0.2, 0.25) is 0 Å². The largest absolute Gasteiger partial charge is 0.463 e. The molecule has 0 saturated carbocycles. The number of hydrogen-bond donors (Lipinski definition) is 2. The number of para-hydroxylation sites is 1. The average Bonchev–Trinajstić information content (AvgIpc) is 3.31. The van der Waals surface area contributed by atoms with Gasteiger partial charge in [-0.15, -0.1) is 0 Å². The number of primary amides is 1. The number of fused-ring (bicyclic) bond motifs is 1. The Kier molecular flexibility index (Phi) is 3.92. The van der Waals surface area contributed by atoms with Crippen molar-refractivity contribution in [1.29, 1.82) is 0 Å². The van der Waals surface area contributed by atoms with E-state index in [2.05, 4.69) is 15.5 Å². The fraction of sp³-hybridized carbons (Fsp3) is 0.0526. The summed E-state index contributed by atoms with van der Waals surface area (Å²) in [6, 6.07) is 11.5. The highest BCUT2D eigenvalue weighted by molar-refractivity contribution is 6.14. The molecule has 4 aromatic rings. The van der Waals surface area contributed by atoms with Crippen LogP contribution in [0.25, 0.3) is 22.6 Å². The third kappa shape index (κ3) is 2.93. The molecule has 27 heavy (non-hydrogen) atoms. The number of furan rings is 1. The molecule has 0 aliphatic rings. The van der Waals surface area contributed by atoms with E-state index in [-0.39, 0.29) is 11.3 Å². The van der Waals surface area contributed by atoms with E-state index < -0.39 is 11.8 Å². The summed E-state index contributed by atoms with van der Waals surface area (Å²) in [6.45, 7) is 1.72. The second kappa shape index (κ2) is 6.41.